The third-order valence-electron chi connectivity index (χ3n) is 2.59. The average Bonchev–Trinajstić information content (AvgIpc) is 2.43. The Kier molecular flexibility index (Phi) is 13.6. The van der Waals surface area contributed by atoms with Crippen LogP contribution in [0.15, 0.2) is 0 Å². The monoisotopic (exact) mass is 291 g/mol. The molecule has 0 rings (SSSR count). The highest BCUT2D eigenvalue weighted by Crippen LogP contribution is 2.05. The fraction of sp³-hybridized carbons (Fsp3) is 1.00. The van der Waals surface area contributed by atoms with Gasteiger partial charge in [-0.3, -0.25) is 0 Å². The van der Waals surface area contributed by atoms with Crippen LogP contribution in [0.1, 0.15) is 40.0 Å². The third-order valence-corrected chi connectivity index (χ3v) is 2.59. The predicted octanol–water partition coefficient (Wildman–Crippen LogP) is 1.98. The Balaban J connectivity index is 3.89. The normalized spacial score (nSPS) is 12.0. The van der Waals surface area contributed by atoms with Crippen molar-refractivity contribution in [2.75, 3.05) is 52.9 Å². The van der Waals surface area contributed by atoms with Gasteiger partial charge in [0.05, 0.1) is 38.6 Å². The molecule has 0 aromatic carbocycles. The summed E-state index contributed by atoms with van der Waals surface area (Å²) in [5, 5.41) is 0. The lowest BCUT2D eigenvalue weighted by molar-refractivity contribution is -0.0339. The van der Waals surface area contributed by atoms with Gasteiger partial charge in [-0.2, -0.15) is 0 Å². The third kappa shape index (κ3) is 11.6. The van der Waals surface area contributed by atoms with E-state index in [1.54, 1.807) is 0 Å². The van der Waals surface area contributed by atoms with E-state index in [2.05, 4.69) is 20.8 Å². The van der Waals surface area contributed by atoms with E-state index in [1.807, 2.05) is 0 Å². The summed E-state index contributed by atoms with van der Waals surface area (Å²) in [5.74, 6) is 0. The number of rotatable bonds is 15. The molecule has 0 radical (unpaired) electrons. The van der Waals surface area contributed by atoms with Crippen molar-refractivity contribution < 1.29 is 18.9 Å². The van der Waals surface area contributed by atoms with Gasteiger partial charge in [-0.05, 0) is 19.3 Å². The van der Waals surface area contributed by atoms with E-state index in [1.165, 1.54) is 0 Å². The van der Waals surface area contributed by atoms with E-state index in [0.29, 0.717) is 46.2 Å². The molecule has 122 valence electrons. The molecule has 0 aliphatic carbocycles. The molecule has 0 bridgehead atoms. The van der Waals surface area contributed by atoms with Gasteiger partial charge < -0.3 is 24.7 Å². The Morgan fingerprint density at radius 3 is 1.40 bits per heavy atom. The zero-order valence-corrected chi connectivity index (χ0v) is 13.5. The first kappa shape index (κ1) is 19.8. The van der Waals surface area contributed by atoms with Gasteiger partial charge in [0.1, 0.15) is 0 Å². The van der Waals surface area contributed by atoms with Crippen LogP contribution in [0.4, 0.5) is 0 Å². The molecule has 5 heteroatoms. The Labute approximate surface area is 124 Å². The second kappa shape index (κ2) is 13.8. The van der Waals surface area contributed by atoms with Crippen LogP contribution in [0.5, 0.6) is 0 Å². The zero-order valence-electron chi connectivity index (χ0n) is 13.5. The maximum absolute atomic E-state index is 6.30. The molecule has 0 aliphatic rings. The van der Waals surface area contributed by atoms with Crippen molar-refractivity contribution in [3.63, 3.8) is 0 Å². The molecule has 0 aliphatic heterocycles. The standard InChI is InChI=1S/C15H33NO4/c1-4-7-17-10-11-20-14-15(16,12-18-8-5-2)13-19-9-6-3/h4-14,16H2,1-3H3. The number of nitrogens with two attached hydrogens (primary N) is 1. The first-order valence-electron chi connectivity index (χ1n) is 7.78. The molecular weight excluding hydrogens is 258 g/mol. The van der Waals surface area contributed by atoms with Crippen molar-refractivity contribution in [1.29, 1.82) is 0 Å². The van der Waals surface area contributed by atoms with Crippen LogP contribution in [0, 0.1) is 0 Å². The van der Waals surface area contributed by atoms with E-state index in [4.69, 9.17) is 24.7 Å². The molecule has 0 amide bonds. The highest BCUT2D eigenvalue weighted by Gasteiger charge is 2.26. The summed E-state index contributed by atoms with van der Waals surface area (Å²) in [7, 11) is 0. The molecule has 0 spiro atoms. The van der Waals surface area contributed by atoms with Gasteiger partial charge in [0.15, 0.2) is 0 Å². The summed E-state index contributed by atoms with van der Waals surface area (Å²) in [6.07, 6.45) is 2.99. The summed E-state index contributed by atoms with van der Waals surface area (Å²) in [5.41, 5.74) is 5.73. The molecule has 0 heterocycles. The van der Waals surface area contributed by atoms with Crippen LogP contribution < -0.4 is 5.73 Å². The molecule has 0 atom stereocenters. The van der Waals surface area contributed by atoms with E-state index >= 15 is 0 Å². The largest absolute Gasteiger partial charge is 0.379 e. The number of ether oxygens (including phenoxy) is 4. The smallest absolute Gasteiger partial charge is 0.0865 e. The molecule has 5 nitrogen and oxygen atoms in total. The number of hydrogen-bond acceptors (Lipinski definition) is 5. The predicted molar refractivity (Wildman–Crippen MR) is 81.1 cm³/mol. The molecule has 0 aromatic rings. The lowest BCUT2D eigenvalue weighted by atomic mass is 10.1. The second-order valence-electron chi connectivity index (χ2n) is 5.13. The molecule has 20 heavy (non-hydrogen) atoms. The van der Waals surface area contributed by atoms with E-state index in [-0.39, 0.29) is 0 Å². The quantitative estimate of drug-likeness (QED) is 0.467. The van der Waals surface area contributed by atoms with Crippen LogP contribution in [-0.4, -0.2) is 58.4 Å². The Hall–Kier alpha value is -0.200. The van der Waals surface area contributed by atoms with Gasteiger partial charge in [-0.1, -0.05) is 20.8 Å². The molecule has 0 unspecified atom stereocenters. The van der Waals surface area contributed by atoms with Crippen LogP contribution in [0.25, 0.3) is 0 Å². The van der Waals surface area contributed by atoms with E-state index < -0.39 is 5.54 Å². The first-order chi connectivity index (χ1) is 9.68. The zero-order chi connectivity index (χ0) is 15.1. The minimum Gasteiger partial charge on any atom is -0.379 e. The Bertz CT molecular complexity index is 192. The summed E-state index contributed by atoms with van der Waals surface area (Å²) >= 11 is 0. The Morgan fingerprint density at radius 2 is 0.950 bits per heavy atom. The maximum Gasteiger partial charge on any atom is 0.0865 e. The lowest BCUT2D eigenvalue weighted by Crippen LogP contribution is -2.53. The van der Waals surface area contributed by atoms with Crippen molar-refractivity contribution in [2.24, 2.45) is 5.73 Å². The van der Waals surface area contributed by atoms with Gasteiger partial charge in [0, 0.05) is 19.8 Å². The minimum atomic E-state index is -0.574. The summed E-state index contributed by atoms with van der Waals surface area (Å²) in [4.78, 5) is 0. The van der Waals surface area contributed by atoms with Crippen LogP contribution >= 0.6 is 0 Å². The van der Waals surface area contributed by atoms with E-state index in [0.717, 1.165) is 25.9 Å². The SMILES string of the molecule is CCCOCCOCC(N)(COCCC)COCCC. The van der Waals surface area contributed by atoms with Crippen molar-refractivity contribution in [2.45, 2.75) is 45.6 Å². The molecule has 0 fully saturated rings. The van der Waals surface area contributed by atoms with Gasteiger partial charge in [0.25, 0.3) is 0 Å². The molecule has 2 N–H and O–H groups in total. The van der Waals surface area contributed by atoms with Crippen molar-refractivity contribution in [1.82, 2.24) is 0 Å². The van der Waals surface area contributed by atoms with E-state index in [9.17, 15) is 0 Å². The van der Waals surface area contributed by atoms with Gasteiger partial charge in [-0.25, -0.2) is 0 Å². The fourth-order valence-corrected chi connectivity index (χ4v) is 1.60. The summed E-state index contributed by atoms with van der Waals surface area (Å²) in [6.45, 7) is 10.9. The van der Waals surface area contributed by atoms with Crippen LogP contribution in [0.3, 0.4) is 0 Å². The maximum atomic E-state index is 6.30. The number of hydrogen-bond donors (Lipinski definition) is 1. The first-order valence-corrected chi connectivity index (χ1v) is 7.78. The summed E-state index contributed by atoms with van der Waals surface area (Å²) in [6, 6.07) is 0. The molecule has 0 saturated heterocycles. The minimum absolute atomic E-state index is 0.427. The van der Waals surface area contributed by atoms with Crippen molar-refractivity contribution >= 4 is 0 Å². The van der Waals surface area contributed by atoms with Gasteiger partial charge in [-0.15, -0.1) is 0 Å². The highest BCUT2D eigenvalue weighted by molar-refractivity contribution is 4.84. The van der Waals surface area contributed by atoms with Gasteiger partial charge in [0.2, 0.25) is 0 Å². The average molecular weight is 291 g/mol. The van der Waals surface area contributed by atoms with Crippen molar-refractivity contribution in [3.8, 4) is 0 Å². The van der Waals surface area contributed by atoms with Crippen LogP contribution in [0.2, 0.25) is 0 Å². The lowest BCUT2D eigenvalue weighted by Gasteiger charge is -2.28. The molecule has 0 saturated carbocycles. The van der Waals surface area contributed by atoms with Gasteiger partial charge >= 0.3 is 0 Å². The Morgan fingerprint density at radius 1 is 0.600 bits per heavy atom. The highest BCUT2D eigenvalue weighted by atomic mass is 16.5. The van der Waals surface area contributed by atoms with Crippen molar-refractivity contribution in [3.05, 3.63) is 0 Å². The fourth-order valence-electron chi connectivity index (χ4n) is 1.60. The molecular formula is C15H33NO4. The topological polar surface area (TPSA) is 62.9 Å². The van der Waals surface area contributed by atoms with Crippen LogP contribution in [-0.2, 0) is 18.9 Å². The summed E-state index contributed by atoms with van der Waals surface area (Å²) < 4.78 is 22.1. The second-order valence-corrected chi connectivity index (χ2v) is 5.13. The molecule has 0 aromatic heterocycles.